The predicted molar refractivity (Wildman–Crippen MR) is 155 cm³/mol. The zero-order valence-electron chi connectivity index (χ0n) is 21.9. The molecule has 1 aliphatic rings. The molecule has 1 unspecified atom stereocenters. The van der Waals surface area contributed by atoms with Crippen LogP contribution in [0.5, 0.6) is 23.0 Å². The molecule has 0 radical (unpaired) electrons. The number of hydrogen-bond acceptors (Lipinski definition) is 7. The van der Waals surface area contributed by atoms with Gasteiger partial charge in [0.1, 0.15) is 41.2 Å². The fourth-order valence-electron chi connectivity index (χ4n) is 4.42. The van der Waals surface area contributed by atoms with Crippen molar-refractivity contribution in [2.45, 2.75) is 19.4 Å². The first-order valence-electron chi connectivity index (χ1n) is 12.6. The third-order valence-electron chi connectivity index (χ3n) is 6.44. The normalized spacial score (nSPS) is 14.0. The van der Waals surface area contributed by atoms with Gasteiger partial charge in [-0.1, -0.05) is 53.5 Å². The fourth-order valence-corrected chi connectivity index (χ4v) is 4.77. The number of aryl methyl sites for hydroxylation is 1. The van der Waals surface area contributed by atoms with Gasteiger partial charge in [-0.05, 0) is 72.1 Å². The van der Waals surface area contributed by atoms with Gasteiger partial charge in [0.15, 0.2) is 6.61 Å². The van der Waals surface area contributed by atoms with Gasteiger partial charge >= 0.3 is 5.97 Å². The molecule has 0 amide bonds. The first-order chi connectivity index (χ1) is 19.8. The number of carbonyl (C=O) groups excluding carboxylic acids is 1. The Kier molecular flexibility index (Phi) is 8.34. The fraction of sp³-hybridized carbons (Fsp3) is 0.125. The van der Waals surface area contributed by atoms with Gasteiger partial charge in [-0.3, -0.25) is 0 Å². The van der Waals surface area contributed by atoms with Crippen LogP contribution in [0.15, 0.2) is 96.4 Å². The maximum absolute atomic E-state index is 12.5. The number of hydrogen-bond donors (Lipinski definition) is 1. The van der Waals surface area contributed by atoms with Crippen LogP contribution in [0.25, 0.3) is 0 Å². The van der Waals surface area contributed by atoms with Crippen LogP contribution in [0, 0.1) is 18.3 Å². The molecule has 206 valence electrons. The van der Waals surface area contributed by atoms with E-state index in [1.807, 2.05) is 55.5 Å². The molecule has 2 N–H and O–H groups in total. The average Bonchev–Trinajstić information content (AvgIpc) is 2.96. The number of ether oxygens (including phenoxy) is 4. The number of fused-ring (bicyclic) bond motifs is 1. The van der Waals surface area contributed by atoms with Crippen molar-refractivity contribution >= 4 is 29.2 Å². The Bertz CT molecular complexity index is 1660. The van der Waals surface area contributed by atoms with Crippen LogP contribution in [-0.2, 0) is 11.4 Å². The summed E-state index contributed by atoms with van der Waals surface area (Å²) in [4.78, 5) is 12.5. The highest BCUT2D eigenvalue weighted by Crippen LogP contribution is 2.43. The monoisotopic (exact) mass is 586 g/mol. The van der Waals surface area contributed by atoms with E-state index in [2.05, 4.69) is 6.07 Å². The summed E-state index contributed by atoms with van der Waals surface area (Å²) in [6.07, 6.45) is 0. The minimum atomic E-state index is -0.595. The zero-order chi connectivity index (χ0) is 28.9. The molecule has 0 spiro atoms. The van der Waals surface area contributed by atoms with E-state index < -0.39 is 11.9 Å². The van der Waals surface area contributed by atoms with Crippen LogP contribution in [0.4, 0.5) is 0 Å². The summed E-state index contributed by atoms with van der Waals surface area (Å²) in [5.41, 5.74) is 9.74. The van der Waals surface area contributed by atoms with Crippen LogP contribution in [-0.4, -0.2) is 12.6 Å². The molecule has 0 saturated carbocycles. The molecule has 4 aromatic rings. The number of allylic oxidation sites excluding steroid dienone is 1. The van der Waals surface area contributed by atoms with Crippen molar-refractivity contribution in [2.75, 3.05) is 6.61 Å². The second-order valence-corrected chi connectivity index (χ2v) is 10.2. The molecule has 9 heteroatoms. The standard InChI is InChI=1S/C32H24Cl2N2O5/c1-19-14-23(34)8-13-28(19)39-18-30(37)40-25-11-12-26-29(15-25)41-32(36)27(16-35)31(26)21-4-9-24(10-5-21)38-17-20-2-6-22(33)7-3-20/h2-15,31H,17-18,36H2,1H3. The number of nitrogens with two attached hydrogens (primary N) is 1. The van der Waals surface area contributed by atoms with Gasteiger partial charge in [0.2, 0.25) is 5.88 Å². The van der Waals surface area contributed by atoms with E-state index in [1.54, 1.807) is 36.4 Å². The smallest absolute Gasteiger partial charge is 0.349 e. The lowest BCUT2D eigenvalue weighted by Crippen LogP contribution is -2.21. The highest BCUT2D eigenvalue weighted by atomic mass is 35.5. The molecular weight excluding hydrogens is 563 g/mol. The molecule has 7 nitrogen and oxygen atoms in total. The van der Waals surface area contributed by atoms with E-state index in [1.165, 1.54) is 0 Å². The van der Waals surface area contributed by atoms with Crippen LogP contribution < -0.4 is 24.7 Å². The van der Waals surface area contributed by atoms with Crippen molar-refractivity contribution in [3.63, 3.8) is 0 Å². The lowest BCUT2D eigenvalue weighted by atomic mass is 9.83. The van der Waals surface area contributed by atoms with E-state index in [-0.39, 0.29) is 23.8 Å². The van der Waals surface area contributed by atoms with E-state index in [9.17, 15) is 10.1 Å². The molecule has 0 saturated heterocycles. The largest absolute Gasteiger partial charge is 0.489 e. The number of nitriles is 1. The van der Waals surface area contributed by atoms with Crippen molar-refractivity contribution < 1.29 is 23.7 Å². The van der Waals surface area contributed by atoms with Crippen LogP contribution in [0.3, 0.4) is 0 Å². The third kappa shape index (κ3) is 6.58. The van der Waals surface area contributed by atoms with Crippen LogP contribution in [0.1, 0.15) is 28.2 Å². The molecule has 1 atom stereocenters. The molecule has 5 rings (SSSR count). The minimum Gasteiger partial charge on any atom is -0.489 e. The van der Waals surface area contributed by atoms with E-state index in [0.717, 1.165) is 16.7 Å². The minimum absolute atomic E-state index is 0.0157. The van der Waals surface area contributed by atoms with Crippen molar-refractivity contribution in [1.82, 2.24) is 0 Å². The summed E-state index contributed by atoms with van der Waals surface area (Å²) in [6.45, 7) is 1.92. The number of halogens is 2. The number of carbonyl (C=O) groups is 1. The quantitative estimate of drug-likeness (QED) is 0.174. The molecule has 0 bridgehead atoms. The zero-order valence-corrected chi connectivity index (χ0v) is 23.4. The van der Waals surface area contributed by atoms with E-state index >= 15 is 0 Å². The highest BCUT2D eigenvalue weighted by molar-refractivity contribution is 6.30. The van der Waals surface area contributed by atoms with Gasteiger partial charge in [0, 0.05) is 21.7 Å². The Hall–Kier alpha value is -4.64. The number of rotatable bonds is 8. The summed E-state index contributed by atoms with van der Waals surface area (Å²) < 4.78 is 22.7. The van der Waals surface area contributed by atoms with Crippen LogP contribution in [0.2, 0.25) is 10.0 Å². The maximum atomic E-state index is 12.5. The van der Waals surface area contributed by atoms with Gasteiger partial charge in [0.05, 0.1) is 5.92 Å². The Balaban J connectivity index is 1.29. The third-order valence-corrected chi connectivity index (χ3v) is 6.92. The lowest BCUT2D eigenvalue weighted by Gasteiger charge is -2.26. The first kappa shape index (κ1) is 27.9. The molecule has 0 fully saturated rings. The number of nitrogens with zero attached hydrogens (tertiary/aromatic N) is 1. The van der Waals surface area contributed by atoms with Gasteiger partial charge in [-0.15, -0.1) is 0 Å². The lowest BCUT2D eigenvalue weighted by molar-refractivity contribution is -0.136. The second-order valence-electron chi connectivity index (χ2n) is 9.28. The highest BCUT2D eigenvalue weighted by Gasteiger charge is 2.31. The Morgan fingerprint density at radius 1 is 0.927 bits per heavy atom. The van der Waals surface area contributed by atoms with Crippen molar-refractivity contribution in [1.29, 1.82) is 5.26 Å². The molecule has 1 heterocycles. The Labute approximate surface area is 247 Å². The molecule has 41 heavy (non-hydrogen) atoms. The summed E-state index contributed by atoms with van der Waals surface area (Å²) in [5.74, 6) is 0.753. The van der Waals surface area contributed by atoms with E-state index in [0.29, 0.717) is 39.5 Å². The SMILES string of the molecule is Cc1cc(Cl)ccc1OCC(=O)Oc1ccc2c(c1)OC(N)=C(C#N)C2c1ccc(OCc2ccc(Cl)cc2)cc1. The number of benzene rings is 4. The van der Waals surface area contributed by atoms with Crippen LogP contribution >= 0.6 is 23.2 Å². The Morgan fingerprint density at radius 3 is 2.34 bits per heavy atom. The molecule has 4 aromatic carbocycles. The van der Waals surface area contributed by atoms with Crippen molar-refractivity contribution in [3.8, 4) is 29.1 Å². The molecular formula is C32H24Cl2N2O5. The Morgan fingerprint density at radius 2 is 1.63 bits per heavy atom. The van der Waals surface area contributed by atoms with Gasteiger partial charge in [-0.2, -0.15) is 5.26 Å². The molecule has 1 aliphatic heterocycles. The van der Waals surface area contributed by atoms with E-state index in [4.69, 9.17) is 47.9 Å². The topological polar surface area (TPSA) is 104 Å². The summed E-state index contributed by atoms with van der Waals surface area (Å²) in [6, 6.07) is 27.1. The average molecular weight is 587 g/mol. The molecule has 0 aromatic heterocycles. The van der Waals surface area contributed by atoms with Crippen molar-refractivity contribution in [2.24, 2.45) is 5.73 Å². The summed E-state index contributed by atoms with van der Waals surface area (Å²) >= 11 is 11.9. The molecule has 0 aliphatic carbocycles. The van der Waals surface area contributed by atoms with Gasteiger partial charge in [0.25, 0.3) is 0 Å². The maximum Gasteiger partial charge on any atom is 0.349 e. The van der Waals surface area contributed by atoms with Gasteiger partial charge < -0.3 is 24.7 Å². The van der Waals surface area contributed by atoms with Crippen molar-refractivity contribution in [3.05, 3.63) is 129 Å². The van der Waals surface area contributed by atoms with Gasteiger partial charge in [-0.25, -0.2) is 4.79 Å². The summed E-state index contributed by atoms with van der Waals surface area (Å²) in [5, 5.41) is 11.1. The summed E-state index contributed by atoms with van der Waals surface area (Å²) in [7, 11) is 0. The predicted octanol–water partition coefficient (Wildman–Crippen LogP) is 7.08. The first-order valence-corrected chi connectivity index (χ1v) is 13.3. The number of esters is 1. The second kappa shape index (κ2) is 12.3.